The molecule has 8 heteroatoms. The van der Waals surface area contributed by atoms with Crippen LogP contribution in [-0.4, -0.2) is 21.0 Å². The summed E-state index contributed by atoms with van der Waals surface area (Å²) in [6, 6.07) is 3.63. The van der Waals surface area contributed by atoms with Crippen LogP contribution in [0.15, 0.2) is 33.3 Å². The third kappa shape index (κ3) is 3.91. The maximum absolute atomic E-state index is 13.2. The molecule has 4 saturated carbocycles. The molecular formula is C25H28N4O2S2. The Hall–Kier alpha value is -2.19. The maximum atomic E-state index is 13.2. The quantitative estimate of drug-likeness (QED) is 0.426. The summed E-state index contributed by atoms with van der Waals surface area (Å²) in [5.41, 5.74) is 3.96. The average Bonchev–Trinajstić information content (AvgIpc) is 3.38. The number of carbonyl (C=O) groups is 1. The molecule has 0 aliphatic heterocycles. The molecule has 4 aliphatic rings. The first-order valence-electron chi connectivity index (χ1n) is 11.8. The molecule has 0 aromatic carbocycles. The third-order valence-electron chi connectivity index (χ3n) is 7.86. The first kappa shape index (κ1) is 21.4. The Balaban J connectivity index is 1.18. The minimum Gasteiger partial charge on any atom is -0.361 e. The fraction of sp³-hybridized carbons (Fsp3) is 0.520. The molecule has 172 valence electrons. The zero-order chi connectivity index (χ0) is 22.6. The van der Waals surface area contributed by atoms with Crippen LogP contribution in [0.4, 0.5) is 5.13 Å². The fourth-order valence-corrected chi connectivity index (χ4v) is 8.66. The van der Waals surface area contributed by atoms with E-state index in [4.69, 9.17) is 9.51 Å². The smallest absolute Gasteiger partial charge is 0.260 e. The van der Waals surface area contributed by atoms with E-state index in [1.165, 1.54) is 56.0 Å². The number of pyridine rings is 1. The van der Waals surface area contributed by atoms with Gasteiger partial charge in [-0.05, 0) is 82.3 Å². The highest BCUT2D eigenvalue weighted by atomic mass is 32.2. The van der Waals surface area contributed by atoms with Crippen LogP contribution in [0.1, 0.15) is 71.6 Å². The molecule has 1 amide bonds. The Kier molecular flexibility index (Phi) is 5.33. The Morgan fingerprint density at radius 1 is 1.21 bits per heavy atom. The van der Waals surface area contributed by atoms with Gasteiger partial charge in [0, 0.05) is 28.3 Å². The normalized spacial score (nSPS) is 27.8. The second-order valence-corrected chi connectivity index (χ2v) is 12.0. The number of thioether (sulfide) groups is 1. The van der Waals surface area contributed by atoms with E-state index in [1.807, 2.05) is 19.9 Å². The molecule has 4 bridgehead atoms. The summed E-state index contributed by atoms with van der Waals surface area (Å²) < 4.78 is 5.26. The van der Waals surface area contributed by atoms with Crippen LogP contribution in [0.25, 0.3) is 0 Å². The SMILES string of the molecule is Cc1noc(C)c1CSc1ncccc1C(=O)Nc1nc(C23CC4CC(CC(C4)C2)C3)cs1. The van der Waals surface area contributed by atoms with Gasteiger partial charge in [0.25, 0.3) is 5.91 Å². The molecule has 1 N–H and O–H groups in total. The Morgan fingerprint density at radius 2 is 1.94 bits per heavy atom. The molecule has 4 aliphatic carbocycles. The molecule has 4 fully saturated rings. The molecule has 0 atom stereocenters. The first-order valence-corrected chi connectivity index (χ1v) is 13.6. The minimum absolute atomic E-state index is 0.157. The van der Waals surface area contributed by atoms with Gasteiger partial charge in [-0.3, -0.25) is 10.1 Å². The van der Waals surface area contributed by atoms with Crippen molar-refractivity contribution in [1.82, 2.24) is 15.1 Å². The van der Waals surface area contributed by atoms with E-state index in [2.05, 4.69) is 20.8 Å². The van der Waals surface area contributed by atoms with Crippen LogP contribution in [0.5, 0.6) is 0 Å². The lowest BCUT2D eigenvalue weighted by Gasteiger charge is -2.56. The van der Waals surface area contributed by atoms with E-state index >= 15 is 0 Å². The highest BCUT2D eigenvalue weighted by molar-refractivity contribution is 7.98. The standard InChI is InChI=1S/C25H28N4O2S2/c1-14-20(15(2)31-29-14)12-32-23-19(4-3-5-26-23)22(30)28-24-27-21(13-33-24)25-9-16-6-17(10-25)8-18(7-16)11-25/h3-5,13,16-18H,6-12H2,1-2H3,(H,27,28,30). The number of rotatable bonds is 6. The van der Waals surface area contributed by atoms with Gasteiger partial charge in [0.15, 0.2) is 5.13 Å². The number of thiazole rings is 1. The fourth-order valence-electron chi connectivity index (χ4n) is 6.69. The second kappa shape index (κ2) is 8.24. The van der Waals surface area contributed by atoms with Crippen molar-refractivity contribution in [3.63, 3.8) is 0 Å². The van der Waals surface area contributed by atoms with E-state index in [9.17, 15) is 4.79 Å². The number of hydrogen-bond donors (Lipinski definition) is 1. The maximum Gasteiger partial charge on any atom is 0.260 e. The molecule has 3 aromatic heterocycles. The lowest BCUT2D eigenvalue weighted by molar-refractivity contribution is -0.00688. The average molecular weight is 481 g/mol. The van der Waals surface area contributed by atoms with Gasteiger partial charge in [-0.1, -0.05) is 5.16 Å². The van der Waals surface area contributed by atoms with Crippen LogP contribution in [0, 0.1) is 31.6 Å². The summed E-state index contributed by atoms with van der Waals surface area (Å²) in [5.74, 6) is 3.94. The topological polar surface area (TPSA) is 80.9 Å². The number of nitrogens with one attached hydrogen (secondary N) is 1. The third-order valence-corrected chi connectivity index (χ3v) is 9.65. The number of aromatic nitrogens is 3. The summed E-state index contributed by atoms with van der Waals surface area (Å²) in [7, 11) is 0. The van der Waals surface area contributed by atoms with E-state index in [-0.39, 0.29) is 11.3 Å². The lowest BCUT2D eigenvalue weighted by atomic mass is 9.49. The molecule has 3 aromatic rings. The van der Waals surface area contributed by atoms with Crippen molar-refractivity contribution in [3.05, 3.63) is 52.0 Å². The zero-order valence-electron chi connectivity index (χ0n) is 19.0. The van der Waals surface area contributed by atoms with Crippen molar-refractivity contribution in [3.8, 4) is 0 Å². The van der Waals surface area contributed by atoms with Gasteiger partial charge in [-0.2, -0.15) is 0 Å². The van der Waals surface area contributed by atoms with Crippen molar-refractivity contribution >= 4 is 34.1 Å². The number of carbonyl (C=O) groups excluding carboxylic acids is 1. The minimum atomic E-state index is -0.157. The van der Waals surface area contributed by atoms with Gasteiger partial charge in [0.2, 0.25) is 0 Å². The highest BCUT2D eigenvalue weighted by Gasteiger charge is 2.52. The molecule has 33 heavy (non-hydrogen) atoms. The van der Waals surface area contributed by atoms with Crippen LogP contribution in [0.2, 0.25) is 0 Å². The van der Waals surface area contributed by atoms with Gasteiger partial charge in [-0.25, -0.2) is 9.97 Å². The van der Waals surface area contributed by atoms with E-state index < -0.39 is 0 Å². The van der Waals surface area contributed by atoms with Gasteiger partial charge in [0.05, 0.1) is 17.0 Å². The molecule has 6 nitrogen and oxygen atoms in total. The Bertz CT molecular complexity index is 1150. The molecule has 3 heterocycles. The summed E-state index contributed by atoms with van der Waals surface area (Å²) in [4.78, 5) is 22.6. The lowest BCUT2D eigenvalue weighted by Crippen LogP contribution is -2.48. The number of aryl methyl sites for hydroxylation is 2. The van der Waals surface area contributed by atoms with Crippen LogP contribution in [-0.2, 0) is 11.2 Å². The monoisotopic (exact) mass is 480 g/mol. The van der Waals surface area contributed by atoms with Gasteiger partial charge < -0.3 is 4.52 Å². The van der Waals surface area contributed by atoms with Crippen molar-refractivity contribution in [1.29, 1.82) is 0 Å². The highest BCUT2D eigenvalue weighted by Crippen LogP contribution is 2.60. The van der Waals surface area contributed by atoms with Crippen LogP contribution < -0.4 is 5.32 Å². The van der Waals surface area contributed by atoms with E-state index in [1.54, 1.807) is 23.6 Å². The predicted octanol–water partition coefficient (Wildman–Crippen LogP) is 6.16. The Morgan fingerprint density at radius 3 is 2.61 bits per heavy atom. The molecule has 7 rings (SSSR count). The molecule has 0 saturated heterocycles. The van der Waals surface area contributed by atoms with Crippen LogP contribution >= 0.6 is 23.1 Å². The molecule has 0 unspecified atom stereocenters. The van der Waals surface area contributed by atoms with Crippen molar-refractivity contribution in [2.45, 2.75) is 68.6 Å². The van der Waals surface area contributed by atoms with E-state index in [0.717, 1.165) is 34.8 Å². The van der Waals surface area contributed by atoms with Crippen molar-refractivity contribution < 1.29 is 9.32 Å². The number of amides is 1. The molecule has 0 radical (unpaired) electrons. The zero-order valence-corrected chi connectivity index (χ0v) is 20.6. The number of nitrogens with zero attached hydrogens (tertiary/aromatic N) is 3. The van der Waals surface area contributed by atoms with Gasteiger partial charge >= 0.3 is 0 Å². The van der Waals surface area contributed by atoms with Gasteiger partial charge in [-0.15, -0.1) is 23.1 Å². The summed E-state index contributed by atoms with van der Waals surface area (Å²) in [5, 5.41) is 10.7. The van der Waals surface area contributed by atoms with Gasteiger partial charge in [0.1, 0.15) is 10.8 Å². The second-order valence-electron chi connectivity index (χ2n) is 10.1. The number of anilines is 1. The van der Waals surface area contributed by atoms with Crippen LogP contribution in [0.3, 0.4) is 0 Å². The summed E-state index contributed by atoms with van der Waals surface area (Å²) >= 11 is 3.08. The predicted molar refractivity (Wildman–Crippen MR) is 130 cm³/mol. The Labute approximate surface area is 202 Å². The number of hydrogen-bond acceptors (Lipinski definition) is 7. The molecular weight excluding hydrogens is 452 g/mol. The molecule has 0 spiro atoms. The van der Waals surface area contributed by atoms with E-state index in [0.29, 0.717) is 21.5 Å². The largest absolute Gasteiger partial charge is 0.361 e. The van der Waals surface area contributed by atoms with Crippen molar-refractivity contribution in [2.75, 3.05) is 5.32 Å². The first-order chi connectivity index (χ1) is 16.0. The van der Waals surface area contributed by atoms with Crippen molar-refractivity contribution in [2.24, 2.45) is 17.8 Å². The summed E-state index contributed by atoms with van der Waals surface area (Å²) in [6.45, 7) is 3.84. The summed E-state index contributed by atoms with van der Waals surface area (Å²) in [6.07, 6.45) is 9.82.